The molecule has 10 heteroatoms. The number of hydrogen-bond donors (Lipinski definition) is 2. The van der Waals surface area contributed by atoms with E-state index in [0.717, 1.165) is 62.7 Å². The van der Waals surface area contributed by atoms with Crippen molar-refractivity contribution in [2.45, 2.75) is 32.7 Å². The number of fused-ring (bicyclic) bond motifs is 1. The Balaban J connectivity index is 0.000000189. The summed E-state index contributed by atoms with van der Waals surface area (Å²) in [6, 6.07) is 16.0. The largest absolute Gasteiger partial charge is 0.416 e. The van der Waals surface area contributed by atoms with Crippen LogP contribution in [0, 0.1) is 6.92 Å². The smallest absolute Gasteiger partial charge is 0.388 e. The molecule has 3 heterocycles. The van der Waals surface area contributed by atoms with Crippen molar-refractivity contribution < 1.29 is 18.0 Å². The number of aryl methyl sites for hydroxylation is 1. The minimum absolute atomic E-state index is 0.0731. The van der Waals surface area contributed by atoms with Gasteiger partial charge in [-0.2, -0.15) is 13.2 Å². The number of rotatable bonds is 8. The molecular formula is C31H37F3N6O. The molecule has 0 radical (unpaired) electrons. The van der Waals surface area contributed by atoms with E-state index in [-0.39, 0.29) is 5.56 Å². The number of nitrogens with one attached hydrogen (secondary N) is 2. The normalized spacial score (nSPS) is 14.5. The van der Waals surface area contributed by atoms with Gasteiger partial charge >= 0.3 is 6.18 Å². The molecule has 0 bridgehead atoms. The van der Waals surface area contributed by atoms with Crippen molar-refractivity contribution in [2.24, 2.45) is 0 Å². The lowest BCUT2D eigenvalue weighted by Crippen LogP contribution is -2.43. The number of carbonyl (C=O) groups is 1. The Bertz CT molecular complexity index is 1440. The maximum absolute atomic E-state index is 12.8. The number of aromatic nitrogens is 2. The van der Waals surface area contributed by atoms with Gasteiger partial charge in [0.1, 0.15) is 11.9 Å². The van der Waals surface area contributed by atoms with E-state index in [0.29, 0.717) is 18.4 Å². The van der Waals surface area contributed by atoms with Crippen molar-refractivity contribution in [1.29, 1.82) is 0 Å². The number of piperazine rings is 1. The third-order valence-electron chi connectivity index (χ3n) is 7.23. The molecule has 0 unspecified atom stereocenters. The molecule has 1 aliphatic rings. The number of likely N-dealkylation sites (N-methyl/N-ethyl adjacent to an activating group) is 1. The molecule has 1 fully saturated rings. The van der Waals surface area contributed by atoms with E-state index in [1.165, 1.54) is 22.9 Å². The van der Waals surface area contributed by atoms with Gasteiger partial charge < -0.3 is 19.9 Å². The molecule has 1 saturated heterocycles. The van der Waals surface area contributed by atoms with E-state index < -0.39 is 11.7 Å². The first-order valence-electron chi connectivity index (χ1n) is 13.6. The summed E-state index contributed by atoms with van der Waals surface area (Å²) >= 11 is 0. The Morgan fingerprint density at radius 1 is 1.00 bits per heavy atom. The molecule has 0 saturated carbocycles. The Morgan fingerprint density at radius 3 is 2.49 bits per heavy atom. The molecule has 0 amide bonds. The van der Waals surface area contributed by atoms with Gasteiger partial charge in [-0.25, -0.2) is 4.98 Å². The van der Waals surface area contributed by atoms with Gasteiger partial charge in [-0.15, -0.1) is 0 Å². The minimum Gasteiger partial charge on any atom is -0.388 e. The fourth-order valence-electron chi connectivity index (χ4n) is 4.76. The third kappa shape index (κ3) is 8.39. The highest BCUT2D eigenvalue weighted by Crippen LogP contribution is 2.30. The molecule has 0 spiro atoms. The number of pyridine rings is 1. The molecule has 0 aliphatic carbocycles. The first-order valence-corrected chi connectivity index (χ1v) is 13.6. The zero-order valence-corrected chi connectivity index (χ0v) is 23.7. The van der Waals surface area contributed by atoms with Gasteiger partial charge in [-0.05, 0) is 73.1 Å². The monoisotopic (exact) mass is 566 g/mol. The van der Waals surface area contributed by atoms with E-state index in [1.807, 2.05) is 44.7 Å². The van der Waals surface area contributed by atoms with Crippen LogP contribution in [0.5, 0.6) is 0 Å². The van der Waals surface area contributed by atoms with E-state index >= 15 is 0 Å². The predicted molar refractivity (Wildman–Crippen MR) is 156 cm³/mol. The molecule has 5 rings (SSSR count). The highest BCUT2D eigenvalue weighted by Gasteiger charge is 2.31. The first-order chi connectivity index (χ1) is 19.7. The standard InChI is InChI=1S/C17H20N4.C14H17F3N2O/c1-13-6-7-15(18-2)9-14(13)10-19-11-16-12-20-17-5-3-4-8-21(16)17;1-18-2-4-19(5-3-18)9-11-6-12(10-20)8-13(7-11)14(15,16)17/h3-9,12,18-19H,10-11H2,1-2H3;6-8,10H,2-5,9H2,1H3. The number of anilines is 1. The van der Waals surface area contributed by atoms with Crippen LogP contribution in [0.15, 0.2) is 67.0 Å². The maximum atomic E-state index is 12.8. The summed E-state index contributed by atoms with van der Waals surface area (Å²) in [6.07, 6.45) is 0.0179. The summed E-state index contributed by atoms with van der Waals surface area (Å²) in [7, 11) is 3.96. The molecule has 2 N–H and O–H groups in total. The van der Waals surface area contributed by atoms with E-state index in [2.05, 4.69) is 54.9 Å². The zero-order chi connectivity index (χ0) is 29.4. The molecule has 218 valence electrons. The van der Waals surface area contributed by atoms with Crippen LogP contribution >= 0.6 is 0 Å². The quantitative estimate of drug-likeness (QED) is 0.285. The van der Waals surface area contributed by atoms with Gasteiger partial charge in [-0.3, -0.25) is 9.69 Å². The predicted octanol–water partition coefficient (Wildman–Crippen LogP) is 5.24. The van der Waals surface area contributed by atoms with Crippen molar-refractivity contribution in [2.75, 3.05) is 45.6 Å². The molecule has 1 aliphatic heterocycles. The van der Waals surface area contributed by atoms with Crippen LogP contribution in [0.4, 0.5) is 18.9 Å². The van der Waals surface area contributed by atoms with Gasteiger partial charge in [0.25, 0.3) is 0 Å². The lowest BCUT2D eigenvalue weighted by Gasteiger charge is -2.32. The number of alkyl halides is 3. The lowest BCUT2D eigenvalue weighted by molar-refractivity contribution is -0.137. The number of aldehydes is 1. The summed E-state index contributed by atoms with van der Waals surface area (Å²) in [6.45, 7) is 7.68. The molecule has 7 nitrogen and oxygen atoms in total. The molecular weight excluding hydrogens is 529 g/mol. The average Bonchev–Trinajstić information content (AvgIpc) is 3.38. The summed E-state index contributed by atoms with van der Waals surface area (Å²) in [5.74, 6) is 0. The van der Waals surface area contributed by atoms with Crippen molar-refractivity contribution in [3.05, 3.63) is 101 Å². The van der Waals surface area contributed by atoms with Crippen LogP contribution in [0.1, 0.15) is 38.3 Å². The minimum atomic E-state index is -4.42. The van der Waals surface area contributed by atoms with Crippen molar-refractivity contribution >= 4 is 17.6 Å². The zero-order valence-electron chi connectivity index (χ0n) is 23.7. The van der Waals surface area contributed by atoms with Gasteiger partial charge in [0, 0.05) is 70.3 Å². The second kappa shape index (κ2) is 13.8. The average molecular weight is 567 g/mol. The Labute approximate surface area is 239 Å². The number of benzene rings is 2. The molecule has 2 aromatic carbocycles. The van der Waals surface area contributed by atoms with Crippen LogP contribution in [-0.4, -0.2) is 65.7 Å². The summed E-state index contributed by atoms with van der Waals surface area (Å²) < 4.78 is 40.4. The van der Waals surface area contributed by atoms with Crippen molar-refractivity contribution in [1.82, 2.24) is 24.5 Å². The molecule has 4 aromatic rings. The highest BCUT2D eigenvalue weighted by atomic mass is 19.4. The Hall–Kier alpha value is -3.73. The Morgan fingerprint density at radius 2 is 1.78 bits per heavy atom. The second-order valence-corrected chi connectivity index (χ2v) is 10.3. The third-order valence-corrected chi connectivity index (χ3v) is 7.23. The van der Waals surface area contributed by atoms with E-state index in [1.54, 1.807) is 0 Å². The highest BCUT2D eigenvalue weighted by molar-refractivity contribution is 5.75. The van der Waals surface area contributed by atoms with Crippen LogP contribution in [0.3, 0.4) is 0 Å². The number of halogens is 3. The fourth-order valence-corrected chi connectivity index (χ4v) is 4.76. The molecule has 0 atom stereocenters. The first kappa shape index (κ1) is 30.2. The van der Waals surface area contributed by atoms with Crippen molar-refractivity contribution in [3.63, 3.8) is 0 Å². The summed E-state index contributed by atoms with van der Waals surface area (Å²) in [4.78, 5) is 19.5. The number of hydrogen-bond acceptors (Lipinski definition) is 6. The summed E-state index contributed by atoms with van der Waals surface area (Å²) in [5.41, 5.74) is 5.78. The second-order valence-electron chi connectivity index (χ2n) is 10.3. The van der Waals surface area contributed by atoms with Gasteiger partial charge in [-0.1, -0.05) is 12.1 Å². The van der Waals surface area contributed by atoms with Crippen LogP contribution in [-0.2, 0) is 25.8 Å². The fraction of sp³-hybridized carbons (Fsp3) is 0.355. The van der Waals surface area contributed by atoms with Gasteiger partial charge in [0.05, 0.1) is 17.5 Å². The van der Waals surface area contributed by atoms with Crippen LogP contribution in [0.2, 0.25) is 0 Å². The van der Waals surface area contributed by atoms with Crippen LogP contribution in [0.25, 0.3) is 5.65 Å². The lowest BCUT2D eigenvalue weighted by atomic mass is 10.1. The number of carbonyl (C=O) groups excluding carboxylic acids is 1. The SMILES string of the molecule is CN1CCN(Cc2cc(C=O)cc(C(F)(F)F)c2)CC1.CNc1ccc(C)c(CNCc2cnc3ccccn23)c1. The molecule has 41 heavy (non-hydrogen) atoms. The number of imidazole rings is 1. The van der Waals surface area contributed by atoms with Gasteiger partial charge in [0.15, 0.2) is 0 Å². The molecule has 2 aromatic heterocycles. The van der Waals surface area contributed by atoms with E-state index in [4.69, 9.17) is 0 Å². The maximum Gasteiger partial charge on any atom is 0.416 e. The topological polar surface area (TPSA) is 64.9 Å². The number of nitrogens with zero attached hydrogens (tertiary/aromatic N) is 4. The van der Waals surface area contributed by atoms with Crippen LogP contribution < -0.4 is 10.6 Å². The van der Waals surface area contributed by atoms with Gasteiger partial charge in [0.2, 0.25) is 0 Å². The van der Waals surface area contributed by atoms with E-state index in [9.17, 15) is 18.0 Å². The van der Waals surface area contributed by atoms with Crippen molar-refractivity contribution in [3.8, 4) is 0 Å². The summed E-state index contributed by atoms with van der Waals surface area (Å²) in [5, 5.41) is 6.68. The Kier molecular flexibility index (Phi) is 10.1.